The Hall–Kier alpha value is -1.73. The van der Waals surface area contributed by atoms with Crippen LogP contribution >= 0.6 is 11.8 Å². The van der Waals surface area contributed by atoms with Gasteiger partial charge in [0.2, 0.25) is 5.91 Å². The Bertz CT molecular complexity index is 862. The summed E-state index contributed by atoms with van der Waals surface area (Å²) >= 11 is 1.95. The van der Waals surface area contributed by atoms with Crippen molar-refractivity contribution < 1.29 is 9.59 Å². The Morgan fingerprint density at radius 3 is 2.82 bits per heavy atom. The van der Waals surface area contributed by atoms with Crippen molar-refractivity contribution in [2.24, 2.45) is 5.92 Å². The van der Waals surface area contributed by atoms with Gasteiger partial charge in [0.05, 0.1) is 12.1 Å². The van der Waals surface area contributed by atoms with E-state index < -0.39 is 0 Å². The number of fused-ring (bicyclic) bond motifs is 3. The zero-order valence-corrected chi connectivity index (χ0v) is 20.7. The van der Waals surface area contributed by atoms with Crippen molar-refractivity contribution in [3.8, 4) is 0 Å². The van der Waals surface area contributed by atoms with E-state index in [0.29, 0.717) is 35.6 Å². The molecule has 7 unspecified atom stereocenters. The second-order valence-corrected chi connectivity index (χ2v) is 11.8. The molecule has 1 aromatic rings. The largest absolute Gasteiger partial charge is 0.356 e. The van der Waals surface area contributed by atoms with Crippen LogP contribution in [0, 0.1) is 12.8 Å². The monoisotopic (exact) mass is 470 g/mol. The lowest BCUT2D eigenvalue weighted by Gasteiger charge is -2.43. The molecule has 0 saturated carbocycles. The molecule has 7 atom stereocenters. The third-order valence-corrected chi connectivity index (χ3v) is 10.1. The zero-order valence-electron chi connectivity index (χ0n) is 19.9. The second kappa shape index (κ2) is 9.87. The van der Waals surface area contributed by atoms with Gasteiger partial charge in [-0.3, -0.25) is 4.79 Å². The standard InChI is InChI=1S/C26H38N4O2S/c1-16-7-9-17(10-8-16)19-13-18-11-12-22(30(18)2)20(19)14-27-24(31)6-4-3-5-23-25-21(15-33-23)28-26(32)29-25/h7-10,18-23,25H,3-6,11-15H2,1-2H3,(H,27,31)(H2,28,29,32). The van der Waals surface area contributed by atoms with Gasteiger partial charge in [-0.1, -0.05) is 36.2 Å². The first-order valence-corrected chi connectivity index (χ1v) is 13.8. The summed E-state index contributed by atoms with van der Waals surface area (Å²) in [4.78, 5) is 26.8. The van der Waals surface area contributed by atoms with E-state index in [9.17, 15) is 9.59 Å². The highest BCUT2D eigenvalue weighted by Crippen LogP contribution is 2.46. The molecule has 2 bridgehead atoms. The molecule has 0 aromatic heterocycles. The molecule has 1 aromatic carbocycles. The van der Waals surface area contributed by atoms with E-state index in [1.54, 1.807) is 0 Å². The third-order valence-electron chi connectivity index (χ3n) is 8.55. The molecule has 0 aliphatic carbocycles. The van der Waals surface area contributed by atoms with Gasteiger partial charge in [-0.25, -0.2) is 4.79 Å². The maximum atomic E-state index is 12.7. The normalized spacial score (nSPS) is 35.2. The topological polar surface area (TPSA) is 73.5 Å². The van der Waals surface area contributed by atoms with Crippen LogP contribution in [-0.2, 0) is 4.79 Å². The van der Waals surface area contributed by atoms with E-state index in [0.717, 1.165) is 31.6 Å². The van der Waals surface area contributed by atoms with Crippen LogP contribution < -0.4 is 16.0 Å². The Balaban J connectivity index is 1.10. The predicted molar refractivity (Wildman–Crippen MR) is 134 cm³/mol. The average Bonchev–Trinajstić information content (AvgIpc) is 3.41. The van der Waals surface area contributed by atoms with Crippen molar-refractivity contribution in [3.05, 3.63) is 35.4 Å². The van der Waals surface area contributed by atoms with E-state index in [4.69, 9.17) is 0 Å². The molecule has 4 aliphatic rings. The van der Waals surface area contributed by atoms with Crippen LogP contribution in [0.2, 0.25) is 0 Å². The SMILES string of the molecule is Cc1ccc(C2CC3CCC(C2CNC(=O)CCCCC2SCC4NC(=O)NC42)N3C)cc1. The first-order valence-electron chi connectivity index (χ1n) is 12.7. The third kappa shape index (κ3) is 4.90. The van der Waals surface area contributed by atoms with Gasteiger partial charge in [-0.2, -0.15) is 11.8 Å². The Labute approximate surface area is 202 Å². The van der Waals surface area contributed by atoms with Gasteiger partial charge in [0.15, 0.2) is 0 Å². The number of rotatable bonds is 8. The number of urea groups is 1. The van der Waals surface area contributed by atoms with Crippen molar-refractivity contribution in [2.75, 3.05) is 19.3 Å². The number of thioether (sulfide) groups is 1. The highest BCUT2D eigenvalue weighted by atomic mass is 32.2. The quantitative estimate of drug-likeness (QED) is 0.402. The summed E-state index contributed by atoms with van der Waals surface area (Å²) in [7, 11) is 2.27. The number of hydrogen-bond donors (Lipinski definition) is 3. The number of aryl methyl sites for hydroxylation is 1. The molecule has 7 heteroatoms. The Morgan fingerprint density at radius 1 is 1.18 bits per heavy atom. The van der Waals surface area contributed by atoms with Gasteiger partial charge < -0.3 is 20.9 Å². The van der Waals surface area contributed by atoms with Crippen LogP contribution in [0.25, 0.3) is 0 Å². The summed E-state index contributed by atoms with van der Waals surface area (Å²) in [6.07, 6.45) is 7.34. The number of nitrogens with one attached hydrogen (secondary N) is 3. The van der Waals surface area contributed by atoms with Crippen molar-refractivity contribution >= 4 is 23.7 Å². The number of hydrogen-bond acceptors (Lipinski definition) is 4. The fourth-order valence-electron chi connectivity index (χ4n) is 6.65. The molecule has 0 spiro atoms. The van der Waals surface area contributed by atoms with Crippen molar-refractivity contribution in [2.45, 2.75) is 87.2 Å². The zero-order chi connectivity index (χ0) is 22.9. The fourth-order valence-corrected chi connectivity index (χ4v) is 8.19. The maximum Gasteiger partial charge on any atom is 0.315 e. The van der Waals surface area contributed by atoms with Gasteiger partial charge in [0.1, 0.15) is 0 Å². The summed E-state index contributed by atoms with van der Waals surface area (Å²) in [5.74, 6) is 2.19. The minimum atomic E-state index is -0.0273. The summed E-state index contributed by atoms with van der Waals surface area (Å²) in [5, 5.41) is 9.82. The highest BCUT2D eigenvalue weighted by Gasteiger charge is 2.46. The van der Waals surface area contributed by atoms with E-state index in [1.165, 1.54) is 30.4 Å². The van der Waals surface area contributed by atoms with E-state index in [2.05, 4.69) is 59.1 Å². The van der Waals surface area contributed by atoms with Crippen LogP contribution in [0.5, 0.6) is 0 Å². The molecule has 33 heavy (non-hydrogen) atoms. The summed E-state index contributed by atoms with van der Waals surface area (Å²) in [5.41, 5.74) is 2.74. The van der Waals surface area contributed by atoms with Gasteiger partial charge >= 0.3 is 6.03 Å². The molecule has 3 amide bonds. The molecule has 4 heterocycles. The van der Waals surface area contributed by atoms with Crippen molar-refractivity contribution in [3.63, 3.8) is 0 Å². The molecule has 4 saturated heterocycles. The molecular weight excluding hydrogens is 432 g/mol. The first-order chi connectivity index (χ1) is 16.0. The number of carbonyl (C=O) groups excluding carboxylic acids is 2. The number of amides is 3. The molecule has 4 fully saturated rings. The lowest BCUT2D eigenvalue weighted by atomic mass is 9.76. The number of benzene rings is 1. The fraction of sp³-hybridized carbons (Fsp3) is 0.692. The van der Waals surface area contributed by atoms with Crippen molar-refractivity contribution in [1.82, 2.24) is 20.9 Å². The summed E-state index contributed by atoms with van der Waals surface area (Å²) < 4.78 is 0. The van der Waals surface area contributed by atoms with E-state index >= 15 is 0 Å². The first kappa shape index (κ1) is 23.0. The van der Waals surface area contributed by atoms with Crippen LogP contribution in [0.3, 0.4) is 0 Å². The molecule has 6 nitrogen and oxygen atoms in total. The number of piperidine rings is 1. The van der Waals surface area contributed by atoms with Crippen LogP contribution in [0.15, 0.2) is 24.3 Å². The minimum absolute atomic E-state index is 0.0273. The van der Waals surface area contributed by atoms with Crippen LogP contribution in [-0.4, -0.2) is 65.6 Å². The maximum absolute atomic E-state index is 12.7. The molecular formula is C26H38N4O2S. The smallest absolute Gasteiger partial charge is 0.315 e. The number of unbranched alkanes of at least 4 members (excludes halogenated alkanes) is 1. The molecule has 3 N–H and O–H groups in total. The van der Waals surface area contributed by atoms with Crippen LogP contribution in [0.1, 0.15) is 62.0 Å². The minimum Gasteiger partial charge on any atom is -0.356 e. The predicted octanol–water partition coefficient (Wildman–Crippen LogP) is 3.40. The van der Waals surface area contributed by atoms with Crippen LogP contribution in [0.4, 0.5) is 4.79 Å². The Morgan fingerprint density at radius 2 is 2.00 bits per heavy atom. The Kier molecular flexibility index (Phi) is 6.89. The molecule has 4 aliphatic heterocycles. The molecule has 5 rings (SSSR count). The molecule has 180 valence electrons. The number of carbonyl (C=O) groups is 2. The van der Waals surface area contributed by atoms with Gasteiger partial charge in [-0.15, -0.1) is 0 Å². The van der Waals surface area contributed by atoms with Gasteiger partial charge in [-0.05, 0) is 63.5 Å². The average molecular weight is 471 g/mol. The van der Waals surface area contributed by atoms with Gasteiger partial charge in [0, 0.05) is 36.1 Å². The molecule has 0 radical (unpaired) electrons. The second-order valence-electron chi connectivity index (χ2n) is 10.6. The van der Waals surface area contributed by atoms with Gasteiger partial charge in [0.25, 0.3) is 0 Å². The number of nitrogens with zero attached hydrogens (tertiary/aromatic N) is 1. The summed E-state index contributed by atoms with van der Waals surface area (Å²) in [6.45, 7) is 2.92. The van der Waals surface area contributed by atoms with E-state index in [1.807, 2.05) is 11.8 Å². The van der Waals surface area contributed by atoms with Crippen molar-refractivity contribution in [1.29, 1.82) is 0 Å². The lowest BCUT2D eigenvalue weighted by Crippen LogP contribution is -2.49. The lowest BCUT2D eigenvalue weighted by molar-refractivity contribution is -0.121. The summed E-state index contributed by atoms with van der Waals surface area (Å²) in [6, 6.07) is 10.8. The highest BCUT2D eigenvalue weighted by molar-refractivity contribution is 8.00. The van der Waals surface area contributed by atoms with E-state index in [-0.39, 0.29) is 24.0 Å².